The number of diazo groups is 1. The molecule has 1 rings (SSSR count). The van der Waals surface area contributed by atoms with E-state index in [4.69, 9.17) is 5.39 Å². The molecule has 0 aliphatic heterocycles. The molecule has 60 valence electrons. The van der Waals surface area contributed by atoms with E-state index in [0.29, 0.717) is 5.56 Å². The molecule has 0 spiro atoms. The minimum atomic E-state index is -0.0440. The summed E-state index contributed by atoms with van der Waals surface area (Å²) in [5, 5.41) is 17.4. The third-order valence-electron chi connectivity index (χ3n) is 1.53. The van der Waals surface area contributed by atoms with Crippen LogP contribution >= 0.6 is 0 Å². The van der Waals surface area contributed by atoms with Gasteiger partial charge in [-0.2, -0.15) is 0 Å². The predicted octanol–water partition coefficient (Wildman–Crippen LogP) is 2.70. The maximum atomic E-state index is 9.22. The molecule has 1 N–H and O–H groups in total. The van der Waals surface area contributed by atoms with Crippen molar-refractivity contribution < 1.29 is 5.11 Å². The summed E-state index contributed by atoms with van der Waals surface area (Å²) in [6, 6.07) is 7.26. The van der Waals surface area contributed by atoms with Crippen LogP contribution in [0.5, 0.6) is 0 Å². The summed E-state index contributed by atoms with van der Waals surface area (Å²) in [6.45, 7) is 1.96. The first-order chi connectivity index (χ1) is 5.74. The summed E-state index contributed by atoms with van der Waals surface area (Å²) >= 11 is 0. The number of nitrogens with zero attached hydrogens (tertiary/aromatic N) is 2. The van der Waals surface area contributed by atoms with Crippen molar-refractivity contribution in [1.29, 1.82) is 5.39 Å². The highest BCUT2D eigenvalue weighted by Crippen LogP contribution is 2.11. The van der Waals surface area contributed by atoms with Crippen LogP contribution in [0.3, 0.4) is 0 Å². The molecule has 0 amide bonds. The van der Waals surface area contributed by atoms with Crippen LogP contribution in [-0.2, 0) is 0 Å². The highest BCUT2D eigenvalue weighted by Gasteiger charge is 2.01. The maximum absolute atomic E-state index is 9.22. The minimum Gasteiger partial charge on any atom is -0.501 e. The first kappa shape index (κ1) is 8.28. The smallest absolute Gasteiger partial charge is 0.392 e. The lowest BCUT2D eigenvalue weighted by molar-refractivity contribution is 0.511. The van der Waals surface area contributed by atoms with Gasteiger partial charge >= 0.3 is 6.20 Å². The molecule has 0 atom stereocenters. The topological polar surface area (TPSA) is 48.4 Å². The fourth-order valence-corrected chi connectivity index (χ4v) is 0.854. The summed E-state index contributed by atoms with van der Waals surface area (Å²) < 4.78 is 0. The fraction of sp³-hybridized carbons (Fsp3) is 0.111. The Morgan fingerprint density at radius 2 is 2.00 bits per heavy atom. The Labute approximate surface area is 70.6 Å². The molecule has 0 unspecified atom stereocenters. The summed E-state index contributed by atoms with van der Waals surface area (Å²) in [5.74, 6) is -0.0440. The van der Waals surface area contributed by atoms with Crippen molar-refractivity contribution >= 4 is 5.76 Å². The number of rotatable bonds is 1. The molecule has 0 radical (unpaired) electrons. The van der Waals surface area contributed by atoms with Crippen LogP contribution in [0.4, 0.5) is 0 Å². The van der Waals surface area contributed by atoms with Crippen LogP contribution in [0.1, 0.15) is 11.1 Å². The Morgan fingerprint density at radius 1 is 1.42 bits per heavy atom. The zero-order valence-electron chi connectivity index (χ0n) is 6.73. The number of aryl methyl sites for hydroxylation is 1. The monoisotopic (exact) mass is 161 g/mol. The van der Waals surface area contributed by atoms with Gasteiger partial charge in [-0.1, -0.05) is 29.8 Å². The number of aliphatic hydroxyl groups is 1. The lowest BCUT2D eigenvalue weighted by Crippen LogP contribution is -1.81. The summed E-state index contributed by atoms with van der Waals surface area (Å²) in [7, 11) is 0. The molecule has 0 heterocycles. The van der Waals surface area contributed by atoms with Crippen molar-refractivity contribution in [3.8, 4) is 0 Å². The third-order valence-corrected chi connectivity index (χ3v) is 1.53. The Bertz CT molecular complexity index is 333. The van der Waals surface area contributed by atoms with Gasteiger partial charge < -0.3 is 5.11 Å². The van der Waals surface area contributed by atoms with Crippen LogP contribution in [0.25, 0.3) is 10.7 Å². The van der Waals surface area contributed by atoms with E-state index in [1.54, 1.807) is 12.1 Å². The molecule has 1 aromatic carbocycles. The van der Waals surface area contributed by atoms with E-state index in [1.165, 1.54) is 0 Å². The summed E-state index contributed by atoms with van der Waals surface area (Å²) in [5.41, 5.74) is 1.76. The average molecular weight is 161 g/mol. The second kappa shape index (κ2) is 3.54. The Balaban J connectivity index is 2.99. The SMILES string of the molecule is Cc1ccc(/C(O)=C/[N+]#N)cc1. The van der Waals surface area contributed by atoms with E-state index in [9.17, 15) is 5.11 Å². The van der Waals surface area contributed by atoms with Gasteiger partial charge in [0.15, 0.2) is 4.98 Å². The second-order valence-corrected chi connectivity index (χ2v) is 2.50. The number of aliphatic hydroxyl groups excluding tert-OH is 1. The van der Waals surface area contributed by atoms with Gasteiger partial charge in [-0.3, -0.25) is 0 Å². The van der Waals surface area contributed by atoms with Gasteiger partial charge in [-0.05, 0) is 6.92 Å². The maximum Gasteiger partial charge on any atom is 0.392 e. The number of hydrogen-bond donors (Lipinski definition) is 1. The molecule has 0 aliphatic rings. The van der Waals surface area contributed by atoms with Gasteiger partial charge in [-0.25, -0.2) is 0 Å². The summed E-state index contributed by atoms with van der Waals surface area (Å²) in [6.07, 6.45) is 0.991. The molecule has 0 fully saturated rings. The molecule has 3 heteroatoms. The molecule has 0 saturated heterocycles. The molecule has 0 aromatic heterocycles. The second-order valence-electron chi connectivity index (χ2n) is 2.50. The van der Waals surface area contributed by atoms with Crippen LogP contribution in [-0.4, -0.2) is 5.11 Å². The van der Waals surface area contributed by atoms with Gasteiger partial charge in [0.2, 0.25) is 11.2 Å². The van der Waals surface area contributed by atoms with Crippen LogP contribution in [0.15, 0.2) is 30.5 Å². The van der Waals surface area contributed by atoms with Gasteiger partial charge in [0, 0.05) is 5.56 Å². The zero-order valence-corrected chi connectivity index (χ0v) is 6.73. The fourth-order valence-electron chi connectivity index (χ4n) is 0.854. The highest BCUT2D eigenvalue weighted by atomic mass is 16.3. The standard InChI is InChI=1S/C9H8N2O/c1-7-2-4-8(5-3-7)9(12)6-11-10/h2-6H,1H3/p+1/b9-6-. The van der Waals surface area contributed by atoms with Crippen molar-refractivity contribution in [2.45, 2.75) is 6.92 Å². The lowest BCUT2D eigenvalue weighted by atomic mass is 10.1. The molecule has 0 saturated carbocycles. The van der Waals surface area contributed by atoms with Gasteiger partial charge in [0.1, 0.15) is 0 Å². The van der Waals surface area contributed by atoms with Crippen molar-refractivity contribution in [1.82, 2.24) is 0 Å². The van der Waals surface area contributed by atoms with Crippen LogP contribution in [0.2, 0.25) is 0 Å². The van der Waals surface area contributed by atoms with Crippen molar-refractivity contribution in [3.05, 3.63) is 46.6 Å². The van der Waals surface area contributed by atoms with Crippen molar-refractivity contribution in [2.75, 3.05) is 0 Å². The first-order valence-electron chi connectivity index (χ1n) is 3.54. The largest absolute Gasteiger partial charge is 0.501 e. The lowest BCUT2D eigenvalue weighted by Gasteiger charge is -1.95. The highest BCUT2D eigenvalue weighted by molar-refractivity contribution is 5.59. The minimum absolute atomic E-state index is 0.0440. The van der Waals surface area contributed by atoms with E-state index < -0.39 is 0 Å². The van der Waals surface area contributed by atoms with Crippen LogP contribution < -0.4 is 0 Å². The van der Waals surface area contributed by atoms with E-state index in [0.717, 1.165) is 11.8 Å². The molecule has 3 nitrogen and oxygen atoms in total. The van der Waals surface area contributed by atoms with E-state index >= 15 is 0 Å². The molecule has 0 aliphatic carbocycles. The number of hydrogen-bond acceptors (Lipinski definition) is 2. The normalized spacial score (nSPS) is 10.8. The molecular formula is C9H9N2O+. The quantitative estimate of drug-likeness (QED) is 0.508. The van der Waals surface area contributed by atoms with E-state index in [2.05, 4.69) is 4.98 Å². The third kappa shape index (κ3) is 1.83. The summed E-state index contributed by atoms with van der Waals surface area (Å²) in [4.78, 5) is 2.72. The van der Waals surface area contributed by atoms with Crippen LogP contribution in [0, 0.1) is 12.3 Å². The van der Waals surface area contributed by atoms with Gasteiger partial charge in [0.25, 0.3) is 0 Å². The molecular weight excluding hydrogens is 152 g/mol. The Morgan fingerprint density at radius 3 is 2.50 bits per heavy atom. The number of benzene rings is 1. The van der Waals surface area contributed by atoms with E-state index in [-0.39, 0.29) is 5.76 Å². The first-order valence-corrected chi connectivity index (χ1v) is 3.54. The van der Waals surface area contributed by atoms with E-state index in [1.807, 2.05) is 19.1 Å². The Hall–Kier alpha value is -1.82. The van der Waals surface area contributed by atoms with Gasteiger partial charge in [0.05, 0.1) is 0 Å². The molecule has 12 heavy (non-hydrogen) atoms. The van der Waals surface area contributed by atoms with Crippen molar-refractivity contribution in [2.24, 2.45) is 0 Å². The molecule has 1 aromatic rings. The predicted molar refractivity (Wildman–Crippen MR) is 46.9 cm³/mol. The average Bonchev–Trinajstić information content (AvgIpc) is 2.06. The van der Waals surface area contributed by atoms with Gasteiger partial charge in [-0.15, -0.1) is 0 Å². The zero-order chi connectivity index (χ0) is 8.97. The van der Waals surface area contributed by atoms with Crippen molar-refractivity contribution in [3.63, 3.8) is 0 Å². The molecule has 0 bridgehead atoms. The Kier molecular flexibility index (Phi) is 2.44.